The van der Waals surface area contributed by atoms with Crippen LogP contribution in [0, 0.1) is 0 Å². The molecular weight excluding hydrogens is 242 g/mol. The molecule has 0 spiro atoms. The third-order valence-corrected chi connectivity index (χ3v) is 4.28. The van der Waals surface area contributed by atoms with Gasteiger partial charge in [0.1, 0.15) is 0 Å². The fourth-order valence-electron chi connectivity index (χ4n) is 2.40. The van der Waals surface area contributed by atoms with Crippen molar-refractivity contribution in [3.63, 3.8) is 0 Å². The minimum atomic E-state index is 0.463. The van der Waals surface area contributed by atoms with Gasteiger partial charge in [-0.15, -0.1) is 11.8 Å². The van der Waals surface area contributed by atoms with Crippen molar-refractivity contribution in [1.82, 2.24) is 4.90 Å². The summed E-state index contributed by atoms with van der Waals surface area (Å²) in [7, 11) is 0. The highest BCUT2D eigenvalue weighted by molar-refractivity contribution is 7.99. The summed E-state index contributed by atoms with van der Waals surface area (Å²) in [6.07, 6.45) is 2.97. The fourth-order valence-corrected chi connectivity index (χ4v) is 3.33. The number of likely N-dealkylation sites (tertiary alicyclic amines) is 1. The quantitative estimate of drug-likeness (QED) is 0.732. The van der Waals surface area contributed by atoms with Crippen LogP contribution in [0.4, 0.5) is 0 Å². The Hall–Kier alpha value is -0.510. The van der Waals surface area contributed by atoms with Crippen molar-refractivity contribution in [3.8, 4) is 0 Å². The van der Waals surface area contributed by atoms with Crippen molar-refractivity contribution >= 4 is 11.8 Å². The molecule has 18 heavy (non-hydrogen) atoms. The van der Waals surface area contributed by atoms with Gasteiger partial charge in [-0.25, -0.2) is 0 Å². The second kappa shape index (κ2) is 7.82. The summed E-state index contributed by atoms with van der Waals surface area (Å²) in [6, 6.07) is 10.7. The van der Waals surface area contributed by atoms with E-state index in [2.05, 4.69) is 42.2 Å². The zero-order valence-corrected chi connectivity index (χ0v) is 12.0. The maximum Gasteiger partial charge on any atom is 0.0702 e. The predicted molar refractivity (Wildman–Crippen MR) is 78.3 cm³/mol. The van der Waals surface area contributed by atoms with Crippen molar-refractivity contribution in [2.24, 2.45) is 0 Å². The van der Waals surface area contributed by atoms with Crippen LogP contribution in [-0.2, 0) is 4.74 Å². The van der Waals surface area contributed by atoms with Gasteiger partial charge in [0.15, 0.2) is 0 Å². The standard InChI is InChI=1S/C15H23NOS/c1-2-17-14-7-6-10-16(13-14)11-12-18-15-8-4-3-5-9-15/h3-5,8-9,14H,2,6-7,10-13H2,1H3. The van der Waals surface area contributed by atoms with E-state index < -0.39 is 0 Å². The van der Waals surface area contributed by atoms with Crippen molar-refractivity contribution in [2.75, 3.05) is 32.0 Å². The lowest BCUT2D eigenvalue weighted by Crippen LogP contribution is -2.40. The molecule has 0 radical (unpaired) electrons. The molecule has 0 N–H and O–H groups in total. The van der Waals surface area contributed by atoms with Gasteiger partial charge in [-0.2, -0.15) is 0 Å². The van der Waals surface area contributed by atoms with Gasteiger partial charge in [-0.05, 0) is 38.4 Å². The molecule has 0 bridgehead atoms. The molecule has 0 saturated carbocycles. The minimum Gasteiger partial charge on any atom is -0.377 e. The van der Waals surface area contributed by atoms with Crippen LogP contribution in [-0.4, -0.2) is 43.0 Å². The number of thioether (sulfide) groups is 1. The summed E-state index contributed by atoms with van der Waals surface area (Å²) in [5, 5.41) is 0. The second-order valence-electron chi connectivity index (χ2n) is 4.68. The molecule has 1 heterocycles. The van der Waals surface area contributed by atoms with E-state index in [1.807, 2.05) is 11.8 Å². The molecule has 0 aromatic heterocycles. The normalized spacial score (nSPS) is 21.1. The Labute approximate surface area is 115 Å². The highest BCUT2D eigenvalue weighted by atomic mass is 32.2. The largest absolute Gasteiger partial charge is 0.377 e. The van der Waals surface area contributed by atoms with Crippen molar-refractivity contribution in [1.29, 1.82) is 0 Å². The molecule has 100 valence electrons. The number of piperidine rings is 1. The Morgan fingerprint density at radius 3 is 2.94 bits per heavy atom. The van der Waals surface area contributed by atoms with Gasteiger partial charge in [0, 0.05) is 30.3 Å². The monoisotopic (exact) mass is 265 g/mol. The lowest BCUT2D eigenvalue weighted by atomic mass is 10.1. The highest BCUT2D eigenvalue weighted by Crippen LogP contribution is 2.18. The number of benzene rings is 1. The summed E-state index contributed by atoms with van der Waals surface area (Å²) >= 11 is 1.95. The molecule has 3 heteroatoms. The topological polar surface area (TPSA) is 12.5 Å². The van der Waals surface area contributed by atoms with E-state index in [9.17, 15) is 0 Å². The number of rotatable bonds is 6. The molecule has 0 aliphatic carbocycles. The molecule has 1 atom stereocenters. The van der Waals surface area contributed by atoms with E-state index >= 15 is 0 Å². The molecule has 1 saturated heterocycles. The molecular formula is C15H23NOS. The first kappa shape index (κ1) is 13.9. The van der Waals surface area contributed by atoms with E-state index in [-0.39, 0.29) is 0 Å². The van der Waals surface area contributed by atoms with Gasteiger partial charge in [-0.3, -0.25) is 4.90 Å². The number of hydrogen-bond donors (Lipinski definition) is 0. The SMILES string of the molecule is CCOC1CCCN(CCSc2ccccc2)C1. The van der Waals surface area contributed by atoms with Crippen molar-refractivity contribution < 1.29 is 4.74 Å². The highest BCUT2D eigenvalue weighted by Gasteiger charge is 2.19. The van der Waals surface area contributed by atoms with Crippen LogP contribution in [0.1, 0.15) is 19.8 Å². The van der Waals surface area contributed by atoms with Crippen LogP contribution in [0.2, 0.25) is 0 Å². The number of hydrogen-bond acceptors (Lipinski definition) is 3. The zero-order chi connectivity index (χ0) is 12.6. The first-order valence-electron chi connectivity index (χ1n) is 6.90. The Morgan fingerprint density at radius 1 is 1.33 bits per heavy atom. The maximum atomic E-state index is 5.73. The molecule has 1 aliphatic rings. The Morgan fingerprint density at radius 2 is 2.17 bits per heavy atom. The van der Waals surface area contributed by atoms with E-state index in [0.29, 0.717) is 6.10 Å². The third-order valence-electron chi connectivity index (χ3n) is 3.28. The summed E-state index contributed by atoms with van der Waals surface area (Å²) in [6.45, 7) is 6.45. The molecule has 1 aliphatic heterocycles. The lowest BCUT2D eigenvalue weighted by Gasteiger charge is -2.32. The average Bonchev–Trinajstić information content (AvgIpc) is 2.41. The van der Waals surface area contributed by atoms with Crippen LogP contribution >= 0.6 is 11.8 Å². The van der Waals surface area contributed by atoms with Crippen LogP contribution in [0.25, 0.3) is 0 Å². The van der Waals surface area contributed by atoms with Crippen molar-refractivity contribution in [2.45, 2.75) is 30.8 Å². The molecule has 1 fully saturated rings. The van der Waals surface area contributed by atoms with Crippen LogP contribution in [0.3, 0.4) is 0 Å². The van der Waals surface area contributed by atoms with Gasteiger partial charge in [0.25, 0.3) is 0 Å². The van der Waals surface area contributed by atoms with E-state index in [0.717, 1.165) is 13.2 Å². The van der Waals surface area contributed by atoms with Gasteiger partial charge < -0.3 is 4.74 Å². The van der Waals surface area contributed by atoms with Crippen molar-refractivity contribution in [3.05, 3.63) is 30.3 Å². The van der Waals surface area contributed by atoms with Crippen LogP contribution < -0.4 is 0 Å². The number of nitrogens with zero attached hydrogens (tertiary/aromatic N) is 1. The van der Waals surface area contributed by atoms with Gasteiger partial charge in [0.05, 0.1) is 6.10 Å². The average molecular weight is 265 g/mol. The molecule has 1 aromatic carbocycles. The Balaban J connectivity index is 1.67. The van der Waals surface area contributed by atoms with Gasteiger partial charge in [0.2, 0.25) is 0 Å². The maximum absolute atomic E-state index is 5.73. The van der Waals surface area contributed by atoms with Gasteiger partial charge >= 0.3 is 0 Å². The lowest BCUT2D eigenvalue weighted by molar-refractivity contribution is 0.00782. The fraction of sp³-hybridized carbons (Fsp3) is 0.600. The minimum absolute atomic E-state index is 0.463. The van der Waals surface area contributed by atoms with E-state index in [1.165, 1.54) is 36.6 Å². The third kappa shape index (κ3) is 4.63. The molecule has 1 aromatic rings. The first-order valence-corrected chi connectivity index (χ1v) is 7.89. The predicted octanol–water partition coefficient (Wildman–Crippen LogP) is 3.28. The summed E-state index contributed by atoms with van der Waals surface area (Å²) in [5.41, 5.74) is 0. The molecule has 0 amide bonds. The second-order valence-corrected chi connectivity index (χ2v) is 5.85. The van der Waals surface area contributed by atoms with Crippen LogP contribution in [0.5, 0.6) is 0 Å². The van der Waals surface area contributed by atoms with Crippen LogP contribution in [0.15, 0.2) is 35.2 Å². The number of ether oxygens (including phenoxy) is 1. The first-order chi connectivity index (χ1) is 8.88. The van der Waals surface area contributed by atoms with E-state index in [4.69, 9.17) is 4.74 Å². The molecule has 2 nitrogen and oxygen atoms in total. The summed E-state index contributed by atoms with van der Waals surface area (Å²) in [5.74, 6) is 1.17. The zero-order valence-electron chi connectivity index (χ0n) is 11.2. The molecule has 1 unspecified atom stereocenters. The Kier molecular flexibility index (Phi) is 6.05. The molecule has 2 rings (SSSR count). The summed E-state index contributed by atoms with van der Waals surface area (Å²) < 4.78 is 5.73. The smallest absolute Gasteiger partial charge is 0.0702 e. The van der Waals surface area contributed by atoms with E-state index in [1.54, 1.807) is 0 Å². The Bertz CT molecular complexity index is 329. The van der Waals surface area contributed by atoms with Gasteiger partial charge in [-0.1, -0.05) is 18.2 Å². The summed E-state index contributed by atoms with van der Waals surface area (Å²) in [4.78, 5) is 3.91.